The first-order valence-electron chi connectivity index (χ1n) is 14.7. The maximum atomic E-state index is 14.7. The molecule has 0 radical (unpaired) electrons. The van der Waals surface area contributed by atoms with Gasteiger partial charge in [-0.2, -0.15) is 26.3 Å². The number of likely N-dealkylation sites (tertiary alicyclic amines) is 1. The van der Waals surface area contributed by atoms with E-state index in [2.05, 4.69) is 0 Å². The number of nitrogens with zero attached hydrogens (tertiary/aromatic N) is 3. The van der Waals surface area contributed by atoms with E-state index in [1.165, 1.54) is 16.0 Å². The van der Waals surface area contributed by atoms with Gasteiger partial charge in [-0.3, -0.25) is 14.5 Å². The van der Waals surface area contributed by atoms with Crippen LogP contribution in [-0.4, -0.2) is 70.0 Å². The van der Waals surface area contributed by atoms with Crippen LogP contribution in [0.15, 0.2) is 53.6 Å². The number of thiophene rings is 1. The Balaban J connectivity index is 1.53. The fourth-order valence-electron chi connectivity index (χ4n) is 6.30. The Kier molecular flexibility index (Phi) is 9.17. The maximum Gasteiger partial charge on any atom is 0.425 e. The molecule has 0 spiro atoms. The van der Waals surface area contributed by atoms with Crippen molar-refractivity contribution in [2.45, 2.75) is 69.6 Å². The molecule has 2 atom stereocenters. The zero-order chi connectivity index (χ0) is 33.4. The van der Waals surface area contributed by atoms with Gasteiger partial charge in [0.15, 0.2) is 0 Å². The normalized spacial score (nSPS) is 21.9. The SMILES string of the molecule is CCC[C@H]1N(C(=O)N2C=CC=C(C(F)(F)F)C2)CCC[C@@]1(Oc1csc(C(F)(F)F)c1)C(=O)N1CCc2ccc(C(N)=O)cc2C1. The molecule has 46 heavy (non-hydrogen) atoms. The Bertz CT molecular complexity index is 1570. The monoisotopic (exact) mass is 670 g/mol. The number of urea groups is 1. The molecule has 0 aliphatic carbocycles. The second-order valence-electron chi connectivity index (χ2n) is 11.5. The lowest BCUT2D eigenvalue weighted by Crippen LogP contribution is -2.69. The van der Waals surface area contributed by atoms with Crippen molar-refractivity contribution in [3.8, 4) is 5.75 Å². The van der Waals surface area contributed by atoms with E-state index in [9.17, 15) is 40.7 Å². The molecule has 4 amide bonds. The Morgan fingerprint density at radius 3 is 2.46 bits per heavy atom. The zero-order valence-corrected chi connectivity index (χ0v) is 25.6. The molecule has 0 saturated carbocycles. The van der Waals surface area contributed by atoms with Gasteiger partial charge >= 0.3 is 18.4 Å². The number of fused-ring (bicyclic) bond motifs is 1. The molecular weight excluding hydrogens is 638 g/mol. The van der Waals surface area contributed by atoms with Crippen LogP contribution in [0.1, 0.15) is 59.0 Å². The highest BCUT2D eigenvalue weighted by Crippen LogP contribution is 2.42. The van der Waals surface area contributed by atoms with Crippen molar-refractivity contribution in [1.82, 2.24) is 14.7 Å². The van der Waals surface area contributed by atoms with Crippen LogP contribution in [0.3, 0.4) is 0 Å². The van der Waals surface area contributed by atoms with Crippen LogP contribution in [-0.2, 0) is 23.9 Å². The van der Waals surface area contributed by atoms with Crippen LogP contribution in [0.2, 0.25) is 0 Å². The minimum atomic E-state index is -4.66. The largest absolute Gasteiger partial charge is 0.474 e. The molecule has 0 unspecified atom stereocenters. The molecule has 2 aromatic rings. The smallest absolute Gasteiger partial charge is 0.425 e. The van der Waals surface area contributed by atoms with Crippen LogP contribution in [0.25, 0.3) is 0 Å². The number of nitrogens with two attached hydrogens (primary N) is 1. The molecule has 1 fully saturated rings. The summed E-state index contributed by atoms with van der Waals surface area (Å²) in [5.41, 5.74) is 4.49. The summed E-state index contributed by atoms with van der Waals surface area (Å²) < 4.78 is 87.5. The number of benzene rings is 1. The highest BCUT2D eigenvalue weighted by Gasteiger charge is 2.56. The highest BCUT2D eigenvalue weighted by atomic mass is 32.1. The summed E-state index contributed by atoms with van der Waals surface area (Å²) >= 11 is 0.404. The summed E-state index contributed by atoms with van der Waals surface area (Å²) in [5, 5.41) is 1.15. The number of rotatable bonds is 6. The molecule has 248 valence electrons. The van der Waals surface area contributed by atoms with Crippen molar-refractivity contribution in [3.05, 3.63) is 75.1 Å². The fraction of sp³-hybridized carbons (Fsp3) is 0.452. The lowest BCUT2D eigenvalue weighted by Gasteiger charge is -2.51. The van der Waals surface area contributed by atoms with E-state index in [4.69, 9.17) is 10.5 Å². The number of allylic oxidation sites excluding steroid dienone is 2. The molecule has 8 nitrogen and oxygen atoms in total. The highest BCUT2D eigenvalue weighted by molar-refractivity contribution is 7.10. The van der Waals surface area contributed by atoms with E-state index in [1.807, 2.05) is 0 Å². The van der Waals surface area contributed by atoms with Crippen LogP contribution < -0.4 is 10.5 Å². The first kappa shape index (κ1) is 33.4. The molecule has 5 rings (SSSR count). The van der Waals surface area contributed by atoms with Crippen LogP contribution in [0, 0.1) is 0 Å². The van der Waals surface area contributed by atoms with Gasteiger partial charge in [0.1, 0.15) is 10.6 Å². The first-order chi connectivity index (χ1) is 21.6. The maximum absolute atomic E-state index is 14.7. The van der Waals surface area contributed by atoms with Crippen LogP contribution >= 0.6 is 11.3 Å². The molecular formula is C31H32F6N4O4S. The van der Waals surface area contributed by atoms with Gasteiger partial charge in [0.2, 0.25) is 11.5 Å². The predicted octanol–water partition coefficient (Wildman–Crippen LogP) is 6.27. The second-order valence-corrected chi connectivity index (χ2v) is 12.4. The summed E-state index contributed by atoms with van der Waals surface area (Å²) in [5.74, 6) is -1.42. The number of primary amides is 1. The summed E-state index contributed by atoms with van der Waals surface area (Å²) in [4.78, 5) is 43.2. The quantitative estimate of drug-likeness (QED) is 0.367. The van der Waals surface area contributed by atoms with Gasteiger partial charge in [-0.25, -0.2) is 4.79 Å². The van der Waals surface area contributed by atoms with E-state index < -0.39 is 58.8 Å². The van der Waals surface area contributed by atoms with Crippen LogP contribution in [0.4, 0.5) is 31.1 Å². The Labute approximate surface area is 265 Å². The van der Waals surface area contributed by atoms with Crippen molar-refractivity contribution in [3.63, 3.8) is 0 Å². The lowest BCUT2D eigenvalue weighted by molar-refractivity contribution is -0.160. The number of halogens is 6. The van der Waals surface area contributed by atoms with Gasteiger partial charge < -0.3 is 20.3 Å². The third-order valence-electron chi connectivity index (χ3n) is 8.49. The van der Waals surface area contributed by atoms with Gasteiger partial charge in [0.05, 0.1) is 18.2 Å². The minimum Gasteiger partial charge on any atom is -0.474 e. The van der Waals surface area contributed by atoms with Gasteiger partial charge in [-0.05, 0) is 48.6 Å². The van der Waals surface area contributed by atoms with Crippen LogP contribution in [0.5, 0.6) is 5.75 Å². The van der Waals surface area contributed by atoms with Crippen molar-refractivity contribution < 1.29 is 45.5 Å². The summed E-state index contributed by atoms with van der Waals surface area (Å²) in [6, 6.07) is 3.95. The fourth-order valence-corrected chi connectivity index (χ4v) is 6.98. The minimum absolute atomic E-state index is 0.0473. The third kappa shape index (κ3) is 6.60. The van der Waals surface area contributed by atoms with Gasteiger partial charge in [-0.15, -0.1) is 11.3 Å². The van der Waals surface area contributed by atoms with Gasteiger partial charge in [0, 0.05) is 49.3 Å². The summed E-state index contributed by atoms with van der Waals surface area (Å²) in [6.45, 7) is 1.44. The predicted molar refractivity (Wildman–Crippen MR) is 157 cm³/mol. The molecule has 0 bridgehead atoms. The summed E-state index contributed by atoms with van der Waals surface area (Å²) in [6.07, 6.45) is -4.81. The van der Waals surface area contributed by atoms with Gasteiger partial charge in [-0.1, -0.05) is 25.5 Å². The molecule has 4 heterocycles. The lowest BCUT2D eigenvalue weighted by atomic mass is 9.79. The topological polar surface area (TPSA) is 96.2 Å². The number of carbonyl (C=O) groups excluding carboxylic acids is 3. The van der Waals surface area contributed by atoms with E-state index in [0.29, 0.717) is 29.7 Å². The average molecular weight is 671 g/mol. The third-order valence-corrected chi connectivity index (χ3v) is 9.44. The zero-order valence-electron chi connectivity index (χ0n) is 24.8. The van der Waals surface area contributed by atoms with E-state index in [0.717, 1.165) is 34.1 Å². The Morgan fingerprint density at radius 2 is 1.80 bits per heavy atom. The molecule has 3 aliphatic rings. The molecule has 2 N–H and O–H groups in total. The first-order valence-corrected chi connectivity index (χ1v) is 15.6. The molecule has 3 aliphatic heterocycles. The van der Waals surface area contributed by atoms with Crippen molar-refractivity contribution in [1.29, 1.82) is 0 Å². The number of hydrogen-bond acceptors (Lipinski definition) is 5. The number of carbonyl (C=O) groups is 3. The number of piperidine rings is 1. The average Bonchev–Trinajstić information content (AvgIpc) is 3.49. The molecule has 1 aromatic carbocycles. The molecule has 15 heteroatoms. The van der Waals surface area contributed by atoms with Crippen molar-refractivity contribution in [2.75, 3.05) is 19.6 Å². The number of alkyl halides is 6. The summed E-state index contributed by atoms with van der Waals surface area (Å²) in [7, 11) is 0. The molecule has 1 saturated heterocycles. The van der Waals surface area contributed by atoms with Gasteiger partial charge in [0.25, 0.3) is 5.91 Å². The molecule has 1 aromatic heterocycles. The Hall–Kier alpha value is -4.01. The number of hydrogen-bond donors (Lipinski definition) is 1. The Morgan fingerprint density at radius 1 is 1.04 bits per heavy atom. The number of ether oxygens (including phenoxy) is 1. The number of amides is 4. The van der Waals surface area contributed by atoms with Crippen molar-refractivity contribution in [2.24, 2.45) is 5.73 Å². The van der Waals surface area contributed by atoms with E-state index in [-0.39, 0.29) is 50.2 Å². The standard InChI is InChI=1S/C31H32F6N4O4S/c1-2-5-24-29(45-23-15-25(46-18-23)31(35,36)37,27(43)39-13-9-19-7-8-20(26(38)42)14-21(19)16-39)10-4-12-41(24)28(44)40-11-3-6-22(17-40)30(32,33)34/h3,6-8,11,14-15,18,24H,2,4-5,9-10,12-13,16-17H2,1H3,(H2,38,42)/t24-,29+/m1/s1. The van der Waals surface area contributed by atoms with Crippen molar-refractivity contribution >= 4 is 29.2 Å². The van der Waals surface area contributed by atoms with E-state index in [1.54, 1.807) is 25.1 Å². The second kappa shape index (κ2) is 12.6. The van der Waals surface area contributed by atoms with E-state index >= 15 is 0 Å².